The van der Waals surface area contributed by atoms with E-state index in [1.54, 1.807) is 12.1 Å². The first-order valence-corrected chi connectivity index (χ1v) is 5.92. The van der Waals surface area contributed by atoms with E-state index in [2.05, 4.69) is 15.2 Å². The third-order valence-corrected chi connectivity index (χ3v) is 2.95. The SMILES string of the molecule is O=S(=O)(Oc1cccc(Cl)c1)c1ncn[nH]1. The van der Waals surface area contributed by atoms with Crippen molar-refractivity contribution in [2.45, 2.75) is 5.16 Å². The first-order valence-electron chi connectivity index (χ1n) is 4.13. The Kier molecular flexibility index (Phi) is 2.80. The normalized spacial score (nSPS) is 11.3. The average molecular weight is 260 g/mol. The lowest BCUT2D eigenvalue weighted by molar-refractivity contribution is 0.478. The molecule has 0 bridgehead atoms. The smallest absolute Gasteiger partial charge is 0.374 e. The van der Waals surface area contributed by atoms with Crippen LogP contribution in [0.4, 0.5) is 0 Å². The molecule has 0 unspecified atom stereocenters. The molecule has 0 aliphatic heterocycles. The third kappa shape index (κ3) is 2.31. The molecule has 1 N–H and O–H groups in total. The van der Waals surface area contributed by atoms with Crippen molar-refractivity contribution in [1.82, 2.24) is 15.2 Å². The molecule has 1 aromatic heterocycles. The van der Waals surface area contributed by atoms with Crippen molar-refractivity contribution in [3.8, 4) is 5.75 Å². The van der Waals surface area contributed by atoms with Crippen LogP contribution in [0.5, 0.6) is 5.75 Å². The Morgan fingerprint density at radius 2 is 2.19 bits per heavy atom. The van der Waals surface area contributed by atoms with E-state index in [1.165, 1.54) is 12.1 Å². The van der Waals surface area contributed by atoms with Gasteiger partial charge in [-0.05, 0) is 12.1 Å². The maximum atomic E-state index is 11.6. The molecule has 2 aromatic rings. The molecular weight excluding hydrogens is 254 g/mol. The number of H-pyrrole nitrogens is 1. The molecule has 0 saturated carbocycles. The minimum Gasteiger partial charge on any atom is -0.377 e. The van der Waals surface area contributed by atoms with Crippen LogP contribution in [-0.2, 0) is 10.1 Å². The standard InChI is InChI=1S/C8H6ClN3O3S/c9-6-2-1-3-7(4-6)15-16(13,14)8-10-5-11-12-8/h1-5H,(H,10,11,12). The summed E-state index contributed by atoms with van der Waals surface area (Å²) >= 11 is 5.69. The van der Waals surface area contributed by atoms with E-state index in [0.717, 1.165) is 6.33 Å². The molecule has 16 heavy (non-hydrogen) atoms. The molecule has 0 aliphatic rings. The summed E-state index contributed by atoms with van der Waals surface area (Å²) in [6, 6.07) is 6.04. The Hall–Kier alpha value is -1.60. The number of hydrogen-bond donors (Lipinski definition) is 1. The van der Waals surface area contributed by atoms with Crippen LogP contribution in [0.15, 0.2) is 35.7 Å². The summed E-state index contributed by atoms with van der Waals surface area (Å²) in [5.74, 6) is 0.115. The second-order valence-corrected chi connectivity index (χ2v) is 4.68. The van der Waals surface area contributed by atoms with E-state index in [4.69, 9.17) is 15.8 Å². The number of halogens is 1. The van der Waals surface area contributed by atoms with Crippen LogP contribution < -0.4 is 4.18 Å². The molecule has 0 atom stereocenters. The highest BCUT2D eigenvalue weighted by atomic mass is 35.5. The fraction of sp³-hybridized carbons (Fsp3) is 0. The molecule has 1 aromatic carbocycles. The van der Waals surface area contributed by atoms with Gasteiger partial charge in [0.05, 0.1) is 0 Å². The highest BCUT2D eigenvalue weighted by Crippen LogP contribution is 2.20. The largest absolute Gasteiger partial charge is 0.377 e. The number of benzene rings is 1. The van der Waals surface area contributed by atoms with E-state index in [9.17, 15) is 8.42 Å². The van der Waals surface area contributed by atoms with Gasteiger partial charge in [0.15, 0.2) is 0 Å². The zero-order valence-corrected chi connectivity index (χ0v) is 9.36. The van der Waals surface area contributed by atoms with Crippen molar-refractivity contribution >= 4 is 21.7 Å². The molecule has 0 saturated heterocycles. The van der Waals surface area contributed by atoms with E-state index in [-0.39, 0.29) is 10.9 Å². The molecule has 0 radical (unpaired) electrons. The highest BCUT2D eigenvalue weighted by Gasteiger charge is 2.19. The quantitative estimate of drug-likeness (QED) is 0.838. The van der Waals surface area contributed by atoms with Crippen LogP contribution in [0.3, 0.4) is 0 Å². The summed E-state index contributed by atoms with van der Waals surface area (Å²) in [6.45, 7) is 0. The van der Waals surface area contributed by atoms with Crippen LogP contribution in [0, 0.1) is 0 Å². The Morgan fingerprint density at radius 1 is 1.38 bits per heavy atom. The molecule has 6 nitrogen and oxygen atoms in total. The molecule has 1 heterocycles. The van der Waals surface area contributed by atoms with Gasteiger partial charge in [-0.25, -0.2) is 10.1 Å². The summed E-state index contributed by atoms with van der Waals surface area (Å²) in [4.78, 5) is 3.49. The van der Waals surface area contributed by atoms with Gasteiger partial charge in [0.25, 0.3) is 5.16 Å². The molecular formula is C8H6ClN3O3S. The number of nitrogens with one attached hydrogen (secondary N) is 1. The third-order valence-electron chi connectivity index (χ3n) is 1.63. The molecule has 0 fully saturated rings. The van der Waals surface area contributed by atoms with Crippen LogP contribution in [0.25, 0.3) is 0 Å². The lowest BCUT2D eigenvalue weighted by atomic mass is 10.3. The van der Waals surface area contributed by atoms with Gasteiger partial charge in [-0.15, -0.1) is 0 Å². The van der Waals surface area contributed by atoms with Crippen molar-refractivity contribution in [3.63, 3.8) is 0 Å². The van der Waals surface area contributed by atoms with Gasteiger partial charge in [0.2, 0.25) is 0 Å². The zero-order valence-electron chi connectivity index (χ0n) is 7.79. The summed E-state index contributed by atoms with van der Waals surface area (Å²) in [7, 11) is -3.97. The highest BCUT2D eigenvalue weighted by molar-refractivity contribution is 7.86. The number of aromatic amines is 1. The molecule has 0 spiro atoms. The van der Waals surface area contributed by atoms with Crippen molar-refractivity contribution < 1.29 is 12.6 Å². The van der Waals surface area contributed by atoms with Gasteiger partial charge in [0, 0.05) is 11.1 Å². The van der Waals surface area contributed by atoms with E-state index < -0.39 is 10.1 Å². The topological polar surface area (TPSA) is 84.9 Å². The monoisotopic (exact) mass is 259 g/mol. The minimum atomic E-state index is -3.97. The van der Waals surface area contributed by atoms with Gasteiger partial charge >= 0.3 is 10.1 Å². The second-order valence-electron chi connectivity index (χ2n) is 2.79. The number of hydrogen-bond acceptors (Lipinski definition) is 5. The van der Waals surface area contributed by atoms with Crippen LogP contribution in [0.2, 0.25) is 5.02 Å². The molecule has 2 rings (SSSR count). The lowest BCUT2D eigenvalue weighted by Crippen LogP contribution is -2.11. The first-order chi connectivity index (χ1) is 7.58. The second kappa shape index (κ2) is 4.11. The predicted molar refractivity (Wildman–Crippen MR) is 55.6 cm³/mol. The van der Waals surface area contributed by atoms with Gasteiger partial charge in [-0.3, -0.25) is 0 Å². The van der Waals surface area contributed by atoms with E-state index >= 15 is 0 Å². The van der Waals surface area contributed by atoms with Gasteiger partial charge < -0.3 is 4.18 Å². The Labute approximate surface area is 96.4 Å². The van der Waals surface area contributed by atoms with E-state index in [0.29, 0.717) is 5.02 Å². The van der Waals surface area contributed by atoms with Crippen molar-refractivity contribution in [2.75, 3.05) is 0 Å². The lowest BCUT2D eigenvalue weighted by Gasteiger charge is -2.03. The Bertz CT molecular complexity index is 582. The first kappa shape index (κ1) is 10.9. The molecule has 0 amide bonds. The zero-order chi connectivity index (χ0) is 11.6. The Morgan fingerprint density at radius 3 is 2.81 bits per heavy atom. The molecule has 84 valence electrons. The maximum absolute atomic E-state index is 11.6. The summed E-state index contributed by atoms with van der Waals surface area (Å²) in [5, 5.41) is 5.66. The fourth-order valence-corrected chi connectivity index (χ4v) is 1.96. The van der Waals surface area contributed by atoms with Crippen LogP contribution in [0.1, 0.15) is 0 Å². The summed E-state index contributed by atoms with van der Waals surface area (Å²) in [5.41, 5.74) is 0. The molecule has 0 aliphatic carbocycles. The number of aromatic nitrogens is 3. The average Bonchev–Trinajstić information content (AvgIpc) is 2.69. The van der Waals surface area contributed by atoms with Crippen molar-refractivity contribution in [2.24, 2.45) is 0 Å². The van der Waals surface area contributed by atoms with E-state index in [1.807, 2.05) is 0 Å². The predicted octanol–water partition coefficient (Wildman–Crippen LogP) is 1.23. The van der Waals surface area contributed by atoms with Crippen molar-refractivity contribution in [3.05, 3.63) is 35.6 Å². The summed E-state index contributed by atoms with van der Waals surface area (Å²) in [6.07, 6.45) is 1.08. The fourth-order valence-electron chi connectivity index (χ4n) is 1.000. The minimum absolute atomic E-state index is 0.115. The van der Waals surface area contributed by atoms with Gasteiger partial charge in [0.1, 0.15) is 12.1 Å². The summed E-state index contributed by atoms with van der Waals surface area (Å²) < 4.78 is 27.9. The Balaban J connectivity index is 2.29. The number of nitrogens with zero attached hydrogens (tertiary/aromatic N) is 2. The number of rotatable bonds is 3. The van der Waals surface area contributed by atoms with Crippen LogP contribution in [-0.4, -0.2) is 23.6 Å². The van der Waals surface area contributed by atoms with Gasteiger partial charge in [-0.1, -0.05) is 17.7 Å². The van der Waals surface area contributed by atoms with Crippen molar-refractivity contribution in [1.29, 1.82) is 0 Å². The van der Waals surface area contributed by atoms with Gasteiger partial charge in [-0.2, -0.15) is 13.5 Å². The molecule has 8 heteroatoms. The van der Waals surface area contributed by atoms with Crippen LogP contribution >= 0.6 is 11.6 Å². The maximum Gasteiger partial charge on any atom is 0.374 e.